The fourth-order valence-electron chi connectivity index (χ4n) is 0.658. The van der Waals surface area contributed by atoms with Crippen molar-refractivity contribution >= 4 is 17.8 Å². The van der Waals surface area contributed by atoms with Crippen LogP contribution in [-0.2, 0) is 19.1 Å². The van der Waals surface area contributed by atoms with Gasteiger partial charge < -0.3 is 10.5 Å². The number of ether oxygens (including phenoxy) is 1. The molecule has 5 nitrogen and oxygen atoms in total. The highest BCUT2D eigenvalue weighted by Gasteiger charge is 2.10. The fraction of sp³-hybridized carbons (Fsp3) is 0.625. The summed E-state index contributed by atoms with van der Waals surface area (Å²) in [7, 11) is 0. The lowest BCUT2D eigenvalue weighted by molar-refractivity contribution is -0.160. The van der Waals surface area contributed by atoms with Crippen LogP contribution in [0.1, 0.15) is 32.6 Å². The first-order valence-corrected chi connectivity index (χ1v) is 4.08. The Bertz CT molecular complexity index is 212. The minimum atomic E-state index is -0.697. The van der Waals surface area contributed by atoms with Crippen LogP contribution in [-0.4, -0.2) is 17.8 Å². The van der Waals surface area contributed by atoms with Crippen LogP contribution in [0.5, 0.6) is 0 Å². The second-order valence-electron chi connectivity index (χ2n) is 2.56. The summed E-state index contributed by atoms with van der Waals surface area (Å²) in [5.74, 6) is -1.84. The molecule has 0 heterocycles. The van der Waals surface area contributed by atoms with E-state index < -0.39 is 17.8 Å². The second kappa shape index (κ2) is 6.16. The SMILES string of the molecule is CCCC(=O)OC(=O)CCC(N)=O. The van der Waals surface area contributed by atoms with Crippen molar-refractivity contribution in [3.8, 4) is 0 Å². The Hall–Kier alpha value is -1.39. The van der Waals surface area contributed by atoms with E-state index in [0.29, 0.717) is 6.42 Å². The molecule has 0 bridgehead atoms. The lowest BCUT2D eigenvalue weighted by atomic mass is 10.3. The van der Waals surface area contributed by atoms with Gasteiger partial charge >= 0.3 is 11.9 Å². The number of esters is 2. The highest BCUT2D eigenvalue weighted by Crippen LogP contribution is 1.96. The first-order chi connectivity index (χ1) is 6.06. The lowest BCUT2D eigenvalue weighted by Gasteiger charge is -1.99. The highest BCUT2D eigenvalue weighted by molar-refractivity contribution is 5.87. The molecular formula is C8H13NO4. The van der Waals surface area contributed by atoms with Gasteiger partial charge in [0.15, 0.2) is 0 Å². The van der Waals surface area contributed by atoms with Crippen molar-refractivity contribution in [3.05, 3.63) is 0 Å². The normalized spacial score (nSPS) is 9.31. The molecule has 0 aliphatic heterocycles. The zero-order valence-corrected chi connectivity index (χ0v) is 7.54. The molecule has 0 aromatic heterocycles. The fourth-order valence-corrected chi connectivity index (χ4v) is 0.658. The molecule has 0 radical (unpaired) electrons. The first kappa shape index (κ1) is 11.6. The summed E-state index contributed by atoms with van der Waals surface area (Å²) in [6.45, 7) is 1.80. The standard InChI is InChI=1S/C8H13NO4/c1-2-3-7(11)13-8(12)5-4-6(9)10/h2-5H2,1H3,(H2,9,10). The van der Waals surface area contributed by atoms with Gasteiger partial charge in [0.25, 0.3) is 0 Å². The molecule has 0 atom stereocenters. The maximum atomic E-state index is 10.8. The summed E-state index contributed by atoms with van der Waals surface area (Å²) >= 11 is 0. The average molecular weight is 187 g/mol. The van der Waals surface area contributed by atoms with Crippen molar-refractivity contribution in [2.24, 2.45) is 5.73 Å². The van der Waals surface area contributed by atoms with Crippen LogP contribution in [0.15, 0.2) is 0 Å². The first-order valence-electron chi connectivity index (χ1n) is 4.08. The number of rotatable bonds is 5. The van der Waals surface area contributed by atoms with Gasteiger partial charge in [-0.05, 0) is 6.42 Å². The molecule has 0 spiro atoms. The third kappa shape index (κ3) is 6.99. The zero-order chi connectivity index (χ0) is 10.3. The minimum absolute atomic E-state index is 0.0851. The van der Waals surface area contributed by atoms with E-state index in [1.807, 2.05) is 0 Å². The largest absolute Gasteiger partial charge is 0.393 e. The molecule has 1 amide bonds. The highest BCUT2D eigenvalue weighted by atomic mass is 16.6. The van der Waals surface area contributed by atoms with Crippen LogP contribution in [0.2, 0.25) is 0 Å². The molecule has 0 saturated carbocycles. The maximum absolute atomic E-state index is 10.8. The molecule has 0 aromatic carbocycles. The lowest BCUT2D eigenvalue weighted by Crippen LogP contribution is -2.16. The Morgan fingerprint density at radius 1 is 1.08 bits per heavy atom. The smallest absolute Gasteiger partial charge is 0.313 e. The van der Waals surface area contributed by atoms with E-state index in [9.17, 15) is 14.4 Å². The molecule has 13 heavy (non-hydrogen) atoms. The van der Waals surface area contributed by atoms with Gasteiger partial charge in [0, 0.05) is 12.8 Å². The molecule has 0 aliphatic rings. The molecule has 0 rings (SSSR count). The summed E-state index contributed by atoms with van der Waals surface area (Å²) in [6.07, 6.45) is 0.618. The molecule has 0 fully saturated rings. The molecule has 74 valence electrons. The Kier molecular flexibility index (Phi) is 5.50. The van der Waals surface area contributed by atoms with E-state index in [1.54, 1.807) is 6.92 Å². The quantitative estimate of drug-likeness (QED) is 0.489. The van der Waals surface area contributed by atoms with Crippen LogP contribution >= 0.6 is 0 Å². The minimum Gasteiger partial charge on any atom is -0.393 e. The van der Waals surface area contributed by atoms with E-state index in [1.165, 1.54) is 0 Å². The van der Waals surface area contributed by atoms with Gasteiger partial charge in [0.2, 0.25) is 5.91 Å². The van der Waals surface area contributed by atoms with Crippen LogP contribution < -0.4 is 5.73 Å². The Labute approximate surface area is 76.2 Å². The predicted octanol–water partition coefficient (Wildman–Crippen LogP) is 0.122. The predicted molar refractivity (Wildman–Crippen MR) is 44.4 cm³/mol. The number of amides is 1. The molecule has 0 unspecified atom stereocenters. The van der Waals surface area contributed by atoms with Gasteiger partial charge in [-0.25, -0.2) is 0 Å². The monoisotopic (exact) mass is 187 g/mol. The van der Waals surface area contributed by atoms with Gasteiger partial charge in [-0.1, -0.05) is 6.92 Å². The van der Waals surface area contributed by atoms with E-state index >= 15 is 0 Å². The van der Waals surface area contributed by atoms with E-state index in [4.69, 9.17) is 5.73 Å². The van der Waals surface area contributed by atoms with Crippen molar-refractivity contribution in [2.75, 3.05) is 0 Å². The summed E-state index contributed by atoms with van der Waals surface area (Å²) in [5.41, 5.74) is 4.80. The number of primary amides is 1. The second-order valence-corrected chi connectivity index (χ2v) is 2.56. The van der Waals surface area contributed by atoms with Gasteiger partial charge in [-0.3, -0.25) is 14.4 Å². The Morgan fingerprint density at radius 2 is 1.62 bits per heavy atom. The number of nitrogens with two attached hydrogens (primary N) is 1. The molecular weight excluding hydrogens is 174 g/mol. The van der Waals surface area contributed by atoms with E-state index in [2.05, 4.69) is 4.74 Å². The molecule has 0 saturated heterocycles. The Balaban J connectivity index is 3.62. The molecule has 0 aliphatic carbocycles. The van der Waals surface area contributed by atoms with E-state index in [0.717, 1.165) is 0 Å². The summed E-state index contributed by atoms with van der Waals surface area (Å²) in [5, 5.41) is 0. The Morgan fingerprint density at radius 3 is 2.08 bits per heavy atom. The molecule has 0 aromatic rings. The topological polar surface area (TPSA) is 86.5 Å². The van der Waals surface area contributed by atoms with Crippen LogP contribution in [0.4, 0.5) is 0 Å². The third-order valence-electron chi connectivity index (χ3n) is 1.26. The number of hydrogen-bond donors (Lipinski definition) is 1. The molecule has 2 N–H and O–H groups in total. The van der Waals surface area contributed by atoms with Crippen LogP contribution in [0, 0.1) is 0 Å². The van der Waals surface area contributed by atoms with Gasteiger partial charge in [-0.2, -0.15) is 0 Å². The molecule has 5 heteroatoms. The summed E-state index contributed by atoms with van der Waals surface area (Å²) in [6, 6.07) is 0. The van der Waals surface area contributed by atoms with Crippen molar-refractivity contribution in [3.63, 3.8) is 0 Å². The number of carbonyl (C=O) groups is 3. The van der Waals surface area contributed by atoms with Crippen molar-refractivity contribution in [1.29, 1.82) is 0 Å². The van der Waals surface area contributed by atoms with Crippen molar-refractivity contribution < 1.29 is 19.1 Å². The van der Waals surface area contributed by atoms with E-state index in [-0.39, 0.29) is 19.3 Å². The summed E-state index contributed by atoms with van der Waals surface area (Å²) in [4.78, 5) is 31.8. The number of hydrogen-bond acceptors (Lipinski definition) is 4. The van der Waals surface area contributed by atoms with Gasteiger partial charge in [0.05, 0.1) is 6.42 Å². The van der Waals surface area contributed by atoms with Crippen molar-refractivity contribution in [1.82, 2.24) is 0 Å². The van der Waals surface area contributed by atoms with Gasteiger partial charge in [0.1, 0.15) is 0 Å². The zero-order valence-electron chi connectivity index (χ0n) is 7.54. The maximum Gasteiger partial charge on any atom is 0.313 e. The third-order valence-corrected chi connectivity index (χ3v) is 1.26. The van der Waals surface area contributed by atoms with Crippen LogP contribution in [0.25, 0.3) is 0 Å². The average Bonchev–Trinajstić information content (AvgIpc) is 2.01. The summed E-state index contributed by atoms with van der Waals surface area (Å²) < 4.78 is 4.36. The number of carbonyl (C=O) groups excluding carboxylic acids is 3. The van der Waals surface area contributed by atoms with Crippen molar-refractivity contribution in [2.45, 2.75) is 32.6 Å². The van der Waals surface area contributed by atoms with Crippen LogP contribution in [0.3, 0.4) is 0 Å². The van der Waals surface area contributed by atoms with Gasteiger partial charge in [-0.15, -0.1) is 0 Å².